The van der Waals surface area contributed by atoms with Gasteiger partial charge in [-0.05, 0) is 6.08 Å². The molecule has 1 aliphatic carbocycles. The number of hydrogen-bond acceptors (Lipinski definition) is 4. The minimum atomic E-state index is -2.20. The van der Waals surface area contributed by atoms with Crippen LogP contribution in [0.1, 0.15) is 0 Å². The van der Waals surface area contributed by atoms with E-state index in [0.29, 0.717) is 6.29 Å². The van der Waals surface area contributed by atoms with Crippen molar-refractivity contribution in [2.24, 2.45) is 5.92 Å². The van der Waals surface area contributed by atoms with Crippen molar-refractivity contribution >= 4 is 6.29 Å². The highest BCUT2D eigenvalue weighted by Crippen LogP contribution is 2.27. The maximum atomic E-state index is 10.4. The first-order valence-corrected chi connectivity index (χ1v) is 3.46. The monoisotopic (exact) mass is 170 g/mol. The fraction of sp³-hybridized carbons (Fsp3) is 0.375. The van der Waals surface area contributed by atoms with E-state index in [0.717, 1.165) is 0 Å². The zero-order valence-electron chi connectivity index (χ0n) is 6.60. The van der Waals surface area contributed by atoms with Gasteiger partial charge in [-0.3, -0.25) is 0 Å². The molecule has 1 rings (SSSR count). The van der Waals surface area contributed by atoms with Crippen LogP contribution < -0.4 is 0 Å². The van der Waals surface area contributed by atoms with Crippen LogP contribution in [0.15, 0.2) is 24.0 Å². The van der Waals surface area contributed by atoms with Crippen molar-refractivity contribution in [1.82, 2.24) is 0 Å². The highest BCUT2D eigenvalue weighted by atomic mass is 16.6. The standard InChI is InChI=1S/C8H10O4/c1-12-7-4-2-3-6(5-9)8(7,10)11/h2-6,10-11H,1H3. The summed E-state index contributed by atoms with van der Waals surface area (Å²) in [5, 5.41) is 18.7. The quantitative estimate of drug-likeness (QED) is 0.436. The number of carbonyl (C=O) groups is 1. The zero-order chi connectivity index (χ0) is 9.19. The fourth-order valence-corrected chi connectivity index (χ4v) is 1.04. The van der Waals surface area contributed by atoms with Crippen LogP contribution in [0.25, 0.3) is 0 Å². The van der Waals surface area contributed by atoms with Crippen molar-refractivity contribution in [3.05, 3.63) is 24.0 Å². The number of ether oxygens (including phenoxy) is 1. The molecule has 0 aliphatic heterocycles. The molecule has 12 heavy (non-hydrogen) atoms. The Bertz CT molecular complexity index is 239. The van der Waals surface area contributed by atoms with Gasteiger partial charge in [-0.2, -0.15) is 0 Å². The van der Waals surface area contributed by atoms with Gasteiger partial charge >= 0.3 is 0 Å². The van der Waals surface area contributed by atoms with Gasteiger partial charge in [0.2, 0.25) is 5.79 Å². The Morgan fingerprint density at radius 3 is 2.83 bits per heavy atom. The normalized spacial score (nSPS) is 26.2. The summed E-state index contributed by atoms with van der Waals surface area (Å²) in [6.45, 7) is 0. The van der Waals surface area contributed by atoms with E-state index in [1.54, 1.807) is 6.08 Å². The first-order valence-electron chi connectivity index (χ1n) is 3.46. The smallest absolute Gasteiger partial charge is 0.236 e. The van der Waals surface area contributed by atoms with E-state index in [4.69, 9.17) is 0 Å². The molecule has 0 saturated heterocycles. The zero-order valence-corrected chi connectivity index (χ0v) is 6.60. The molecule has 1 atom stereocenters. The molecular formula is C8H10O4. The summed E-state index contributed by atoms with van der Waals surface area (Å²) in [6, 6.07) is 0. The van der Waals surface area contributed by atoms with Crippen molar-refractivity contribution in [3.8, 4) is 0 Å². The van der Waals surface area contributed by atoms with Crippen LogP contribution in [0.5, 0.6) is 0 Å². The molecule has 0 radical (unpaired) electrons. The molecule has 4 nitrogen and oxygen atoms in total. The summed E-state index contributed by atoms with van der Waals surface area (Å²) in [7, 11) is 1.31. The van der Waals surface area contributed by atoms with Crippen LogP contribution in [-0.2, 0) is 9.53 Å². The van der Waals surface area contributed by atoms with Gasteiger partial charge in [0.25, 0.3) is 0 Å². The average Bonchev–Trinajstić information content (AvgIpc) is 2.03. The van der Waals surface area contributed by atoms with Crippen molar-refractivity contribution in [2.45, 2.75) is 5.79 Å². The fourth-order valence-electron chi connectivity index (χ4n) is 1.04. The van der Waals surface area contributed by atoms with Gasteiger partial charge < -0.3 is 19.7 Å². The van der Waals surface area contributed by atoms with E-state index < -0.39 is 11.7 Å². The predicted molar refractivity (Wildman–Crippen MR) is 41.0 cm³/mol. The molecule has 66 valence electrons. The molecule has 0 heterocycles. The second-order valence-electron chi connectivity index (χ2n) is 2.51. The number of hydrogen-bond donors (Lipinski definition) is 2. The molecule has 0 fully saturated rings. The summed E-state index contributed by atoms with van der Waals surface area (Å²) in [4.78, 5) is 10.4. The molecule has 2 N–H and O–H groups in total. The molecule has 1 aliphatic rings. The van der Waals surface area contributed by atoms with E-state index in [2.05, 4.69) is 4.74 Å². The number of allylic oxidation sites excluding steroid dienone is 2. The Kier molecular flexibility index (Phi) is 2.30. The minimum Gasteiger partial charge on any atom is -0.495 e. The molecule has 0 bridgehead atoms. The van der Waals surface area contributed by atoms with Crippen LogP contribution in [0, 0.1) is 5.92 Å². The highest BCUT2D eigenvalue weighted by molar-refractivity contribution is 5.60. The highest BCUT2D eigenvalue weighted by Gasteiger charge is 2.39. The molecule has 0 spiro atoms. The number of aldehydes is 1. The summed E-state index contributed by atoms with van der Waals surface area (Å²) in [5.74, 6) is -3.19. The maximum Gasteiger partial charge on any atom is 0.236 e. The Labute approximate surface area is 69.8 Å². The molecular weight excluding hydrogens is 160 g/mol. The summed E-state index contributed by atoms with van der Waals surface area (Å²) in [5.41, 5.74) is 0. The Balaban J connectivity index is 2.97. The lowest BCUT2D eigenvalue weighted by Crippen LogP contribution is -2.41. The van der Waals surface area contributed by atoms with Crippen molar-refractivity contribution in [1.29, 1.82) is 0 Å². The van der Waals surface area contributed by atoms with Crippen LogP contribution in [-0.4, -0.2) is 29.4 Å². The van der Waals surface area contributed by atoms with Gasteiger partial charge in [-0.1, -0.05) is 12.2 Å². The van der Waals surface area contributed by atoms with Gasteiger partial charge in [-0.25, -0.2) is 0 Å². The van der Waals surface area contributed by atoms with Crippen molar-refractivity contribution in [2.75, 3.05) is 7.11 Å². The van der Waals surface area contributed by atoms with E-state index in [9.17, 15) is 15.0 Å². The van der Waals surface area contributed by atoms with E-state index >= 15 is 0 Å². The summed E-state index contributed by atoms with van der Waals surface area (Å²) in [6.07, 6.45) is 4.81. The van der Waals surface area contributed by atoms with Gasteiger partial charge in [0.1, 0.15) is 6.29 Å². The third-order valence-electron chi connectivity index (χ3n) is 1.76. The van der Waals surface area contributed by atoms with Gasteiger partial charge in [-0.15, -0.1) is 0 Å². The third-order valence-corrected chi connectivity index (χ3v) is 1.76. The van der Waals surface area contributed by atoms with Crippen LogP contribution in [0.3, 0.4) is 0 Å². The van der Waals surface area contributed by atoms with E-state index in [1.807, 2.05) is 0 Å². The molecule has 1 unspecified atom stereocenters. The number of aliphatic hydroxyl groups is 2. The third kappa shape index (κ3) is 1.26. The van der Waals surface area contributed by atoms with Crippen molar-refractivity contribution < 1.29 is 19.7 Å². The van der Waals surface area contributed by atoms with Crippen molar-refractivity contribution in [3.63, 3.8) is 0 Å². The summed E-state index contributed by atoms with van der Waals surface area (Å²) < 4.78 is 4.69. The van der Waals surface area contributed by atoms with E-state index in [-0.39, 0.29) is 5.76 Å². The second kappa shape index (κ2) is 3.08. The molecule has 0 amide bonds. The summed E-state index contributed by atoms with van der Waals surface area (Å²) >= 11 is 0. The average molecular weight is 170 g/mol. The lowest BCUT2D eigenvalue weighted by molar-refractivity contribution is -0.182. The molecule has 0 aromatic heterocycles. The van der Waals surface area contributed by atoms with Crippen LogP contribution >= 0.6 is 0 Å². The number of methoxy groups -OCH3 is 1. The lowest BCUT2D eigenvalue weighted by Gasteiger charge is -2.28. The molecule has 4 heteroatoms. The van der Waals surface area contributed by atoms with Gasteiger partial charge in [0.05, 0.1) is 13.0 Å². The van der Waals surface area contributed by atoms with Crippen LogP contribution in [0.2, 0.25) is 0 Å². The van der Waals surface area contributed by atoms with Gasteiger partial charge in [0.15, 0.2) is 5.76 Å². The maximum absolute atomic E-state index is 10.4. The SMILES string of the molecule is COC1=CC=CC(C=O)C1(O)O. The number of rotatable bonds is 2. The predicted octanol–water partition coefficient (Wildman–Crippen LogP) is -0.417. The minimum absolute atomic E-state index is 0.0258. The van der Waals surface area contributed by atoms with Crippen LogP contribution in [0.4, 0.5) is 0 Å². The molecule has 0 saturated carbocycles. The first-order chi connectivity index (χ1) is 5.62. The Hall–Kier alpha value is -1.13. The van der Waals surface area contributed by atoms with E-state index in [1.165, 1.54) is 19.3 Å². The Morgan fingerprint density at radius 1 is 1.67 bits per heavy atom. The lowest BCUT2D eigenvalue weighted by atomic mass is 9.94. The topological polar surface area (TPSA) is 66.8 Å². The molecule has 0 aromatic carbocycles. The first kappa shape index (κ1) is 8.96. The largest absolute Gasteiger partial charge is 0.495 e. The Morgan fingerprint density at radius 2 is 2.33 bits per heavy atom. The molecule has 0 aromatic rings. The van der Waals surface area contributed by atoms with Gasteiger partial charge in [0, 0.05) is 0 Å². The number of carbonyl (C=O) groups excluding carboxylic acids is 1. The second-order valence-corrected chi connectivity index (χ2v) is 2.51.